The average Bonchev–Trinajstić information content (AvgIpc) is 3.26. The predicted molar refractivity (Wildman–Crippen MR) is 134 cm³/mol. The highest BCUT2D eigenvalue weighted by atomic mass is 35.5. The molecule has 0 spiro atoms. The van der Waals surface area contributed by atoms with E-state index in [9.17, 15) is 9.59 Å². The molecule has 1 N–H and O–H groups in total. The summed E-state index contributed by atoms with van der Waals surface area (Å²) >= 11 is 6.37. The van der Waals surface area contributed by atoms with E-state index in [-0.39, 0.29) is 23.6 Å². The summed E-state index contributed by atoms with van der Waals surface area (Å²) in [5.74, 6) is -0.558. The summed E-state index contributed by atoms with van der Waals surface area (Å²) in [5, 5.41) is 7.78. The van der Waals surface area contributed by atoms with E-state index in [1.807, 2.05) is 75.4 Å². The van der Waals surface area contributed by atoms with Gasteiger partial charge in [-0.2, -0.15) is 4.98 Å². The van der Waals surface area contributed by atoms with Crippen LogP contribution in [0.25, 0.3) is 16.7 Å². The fraction of sp³-hybridized carbons (Fsp3) is 0.154. The number of rotatable bonds is 4. The van der Waals surface area contributed by atoms with Crippen LogP contribution in [0, 0.1) is 20.8 Å². The number of nitrogens with one attached hydrogen (secondary N) is 1. The van der Waals surface area contributed by atoms with Crippen molar-refractivity contribution in [1.82, 2.24) is 19.2 Å². The minimum atomic E-state index is -0.482. The van der Waals surface area contributed by atoms with Gasteiger partial charge < -0.3 is 5.32 Å². The third kappa shape index (κ3) is 3.84. The first-order valence-corrected chi connectivity index (χ1v) is 11.2. The molecule has 0 atom stereocenters. The number of benzene rings is 3. The summed E-state index contributed by atoms with van der Waals surface area (Å²) in [4.78, 5) is 30.8. The Labute approximate surface area is 200 Å². The smallest absolute Gasteiger partial charge is 0.296 e. The lowest BCUT2D eigenvalue weighted by Gasteiger charge is -2.13. The zero-order valence-corrected chi connectivity index (χ0v) is 19.7. The highest BCUT2D eigenvalue weighted by molar-refractivity contribution is 6.31. The maximum absolute atomic E-state index is 13.5. The molecule has 5 rings (SSSR count). The van der Waals surface area contributed by atoms with Crippen molar-refractivity contribution >= 4 is 39.9 Å². The van der Waals surface area contributed by atoms with Gasteiger partial charge in [-0.1, -0.05) is 41.9 Å². The van der Waals surface area contributed by atoms with Gasteiger partial charge in [0.25, 0.3) is 11.5 Å². The molecule has 0 bridgehead atoms. The highest BCUT2D eigenvalue weighted by Crippen LogP contribution is 2.21. The van der Waals surface area contributed by atoms with Gasteiger partial charge in [0.1, 0.15) is 0 Å². The summed E-state index contributed by atoms with van der Waals surface area (Å²) in [5.41, 5.74) is 5.72. The average molecular weight is 472 g/mol. The Morgan fingerprint density at radius 3 is 2.53 bits per heavy atom. The zero-order valence-electron chi connectivity index (χ0n) is 19.0. The standard InChI is InChI=1S/C26H22ClN5O2/c1-15-8-11-21-22(12-15)31(14-18-6-4-5-7-20(18)27)26(34)24-29-23(30-32(21)24)25(33)28-19-10-9-16(2)17(3)13-19/h4-13H,14H2,1-3H3,(H,28,33). The molecule has 5 aromatic rings. The number of hydrogen-bond donors (Lipinski definition) is 1. The van der Waals surface area contributed by atoms with Crippen molar-refractivity contribution in [2.24, 2.45) is 0 Å². The van der Waals surface area contributed by atoms with E-state index in [1.165, 1.54) is 4.52 Å². The molecule has 2 heterocycles. The molecule has 0 aliphatic heterocycles. The van der Waals surface area contributed by atoms with E-state index in [2.05, 4.69) is 15.4 Å². The van der Waals surface area contributed by atoms with Gasteiger partial charge in [0.15, 0.2) is 0 Å². The summed E-state index contributed by atoms with van der Waals surface area (Å²) in [6, 6.07) is 18.8. The van der Waals surface area contributed by atoms with Gasteiger partial charge in [-0.15, -0.1) is 5.10 Å². The topological polar surface area (TPSA) is 81.3 Å². The Kier molecular flexibility index (Phi) is 5.42. The second kappa shape index (κ2) is 8.43. The number of anilines is 1. The van der Waals surface area contributed by atoms with Crippen molar-refractivity contribution in [3.8, 4) is 0 Å². The molecule has 1 amide bonds. The minimum Gasteiger partial charge on any atom is -0.319 e. The second-order valence-electron chi connectivity index (χ2n) is 8.40. The quantitative estimate of drug-likeness (QED) is 0.403. The summed E-state index contributed by atoms with van der Waals surface area (Å²) in [7, 11) is 0. The summed E-state index contributed by atoms with van der Waals surface area (Å²) in [6.07, 6.45) is 0. The lowest BCUT2D eigenvalue weighted by molar-refractivity contribution is 0.101. The Morgan fingerprint density at radius 2 is 1.76 bits per heavy atom. The molecule has 34 heavy (non-hydrogen) atoms. The summed E-state index contributed by atoms with van der Waals surface area (Å²) < 4.78 is 3.06. The van der Waals surface area contributed by atoms with Crippen molar-refractivity contribution in [1.29, 1.82) is 0 Å². The van der Waals surface area contributed by atoms with Crippen LogP contribution in [0.3, 0.4) is 0 Å². The van der Waals surface area contributed by atoms with Crippen molar-refractivity contribution in [2.75, 3.05) is 5.32 Å². The first-order valence-electron chi connectivity index (χ1n) is 10.8. The van der Waals surface area contributed by atoms with Crippen molar-refractivity contribution in [3.63, 3.8) is 0 Å². The first kappa shape index (κ1) is 21.9. The molecule has 0 radical (unpaired) electrons. The third-order valence-corrected chi connectivity index (χ3v) is 6.32. The molecule has 7 nitrogen and oxygen atoms in total. The molecule has 170 valence electrons. The number of halogens is 1. The molecule has 0 fully saturated rings. The SMILES string of the molecule is Cc1ccc2c(c1)n(Cc1ccccc1Cl)c(=O)c1nc(C(=O)Nc3ccc(C)c(C)c3)nn12. The van der Waals surface area contributed by atoms with Crippen molar-refractivity contribution < 1.29 is 4.79 Å². The van der Waals surface area contributed by atoms with Gasteiger partial charge in [0.2, 0.25) is 11.5 Å². The van der Waals surface area contributed by atoms with Crippen LogP contribution in [0.2, 0.25) is 5.02 Å². The van der Waals surface area contributed by atoms with E-state index in [0.717, 1.165) is 22.3 Å². The van der Waals surface area contributed by atoms with Gasteiger partial charge in [-0.3, -0.25) is 14.2 Å². The fourth-order valence-electron chi connectivity index (χ4n) is 3.93. The number of amides is 1. The molecule has 3 aromatic carbocycles. The Morgan fingerprint density at radius 1 is 0.971 bits per heavy atom. The molecule has 8 heteroatoms. The number of aryl methyl sites for hydroxylation is 3. The van der Waals surface area contributed by atoms with Crippen LogP contribution in [0.4, 0.5) is 5.69 Å². The number of carbonyl (C=O) groups excluding carboxylic acids is 1. The van der Waals surface area contributed by atoms with E-state index < -0.39 is 5.91 Å². The monoisotopic (exact) mass is 471 g/mol. The molecule has 0 saturated heterocycles. The van der Waals surface area contributed by atoms with Crippen LogP contribution >= 0.6 is 11.6 Å². The minimum absolute atomic E-state index is 0.0762. The number of fused-ring (bicyclic) bond motifs is 3. The van der Waals surface area contributed by atoms with Gasteiger partial charge in [0.05, 0.1) is 17.6 Å². The maximum atomic E-state index is 13.5. The molecule has 0 aliphatic carbocycles. The normalized spacial score (nSPS) is 11.3. The molecule has 0 unspecified atom stereocenters. The van der Waals surface area contributed by atoms with Crippen LogP contribution in [0.15, 0.2) is 65.5 Å². The first-order chi connectivity index (χ1) is 16.3. The van der Waals surface area contributed by atoms with Crippen LogP contribution in [-0.2, 0) is 6.54 Å². The number of hydrogen-bond acceptors (Lipinski definition) is 4. The third-order valence-electron chi connectivity index (χ3n) is 5.95. The molecular weight excluding hydrogens is 450 g/mol. The highest BCUT2D eigenvalue weighted by Gasteiger charge is 2.20. The number of nitrogens with zero attached hydrogens (tertiary/aromatic N) is 4. The van der Waals surface area contributed by atoms with Crippen LogP contribution < -0.4 is 10.9 Å². The number of carbonyl (C=O) groups is 1. The zero-order chi connectivity index (χ0) is 24.0. The van der Waals surface area contributed by atoms with Gasteiger partial charge in [-0.05, 0) is 73.4 Å². The van der Waals surface area contributed by atoms with E-state index in [0.29, 0.717) is 21.7 Å². The molecule has 2 aromatic heterocycles. The molecule has 0 saturated carbocycles. The molecule has 0 aliphatic rings. The molecular formula is C26H22ClN5O2. The fourth-order valence-corrected chi connectivity index (χ4v) is 4.13. The second-order valence-corrected chi connectivity index (χ2v) is 8.81. The Bertz CT molecular complexity index is 1650. The largest absolute Gasteiger partial charge is 0.319 e. The van der Waals surface area contributed by atoms with E-state index in [1.54, 1.807) is 10.6 Å². The lowest BCUT2D eigenvalue weighted by Crippen LogP contribution is -2.24. The van der Waals surface area contributed by atoms with Crippen LogP contribution in [-0.4, -0.2) is 25.1 Å². The van der Waals surface area contributed by atoms with E-state index >= 15 is 0 Å². The van der Waals surface area contributed by atoms with Gasteiger partial charge in [-0.25, -0.2) is 4.52 Å². The van der Waals surface area contributed by atoms with Gasteiger partial charge >= 0.3 is 0 Å². The predicted octanol–water partition coefficient (Wildman–Crippen LogP) is 4.92. The van der Waals surface area contributed by atoms with Crippen molar-refractivity contribution in [3.05, 3.63) is 104 Å². The Balaban J connectivity index is 1.64. The Hall–Kier alpha value is -3.97. The summed E-state index contributed by atoms with van der Waals surface area (Å²) in [6.45, 7) is 6.21. The van der Waals surface area contributed by atoms with E-state index in [4.69, 9.17) is 11.6 Å². The van der Waals surface area contributed by atoms with Crippen LogP contribution in [0.5, 0.6) is 0 Å². The number of aromatic nitrogens is 4. The lowest BCUT2D eigenvalue weighted by atomic mass is 10.1. The maximum Gasteiger partial charge on any atom is 0.296 e. The van der Waals surface area contributed by atoms with Gasteiger partial charge in [0, 0.05) is 10.7 Å². The van der Waals surface area contributed by atoms with Crippen molar-refractivity contribution in [2.45, 2.75) is 27.3 Å². The van der Waals surface area contributed by atoms with Crippen LogP contribution in [0.1, 0.15) is 32.9 Å².